The quantitative estimate of drug-likeness (QED) is 0.141. The summed E-state index contributed by atoms with van der Waals surface area (Å²) in [5.74, 6) is -0.825. The minimum atomic E-state index is -1.92. The van der Waals surface area contributed by atoms with Crippen LogP contribution in [-0.4, -0.2) is 55.3 Å². The molecule has 0 bridgehead atoms. The van der Waals surface area contributed by atoms with Gasteiger partial charge < -0.3 is 34.6 Å². The second kappa shape index (κ2) is 13.8. The molecule has 2 heterocycles. The van der Waals surface area contributed by atoms with Crippen LogP contribution in [0.25, 0.3) is 22.9 Å². The van der Waals surface area contributed by atoms with E-state index in [-0.39, 0.29) is 5.11 Å². The van der Waals surface area contributed by atoms with Gasteiger partial charge in [0.1, 0.15) is 23.0 Å². The molecule has 2 aliphatic rings. The average Bonchev–Trinajstić information content (AvgIpc) is 3.17. The number of aromatic amines is 1. The predicted octanol–water partition coefficient (Wildman–Crippen LogP) is 5.46. The van der Waals surface area contributed by atoms with E-state index in [0.717, 1.165) is 5.56 Å². The highest BCUT2D eigenvalue weighted by Gasteiger charge is 2.65. The van der Waals surface area contributed by atoms with E-state index in [2.05, 4.69) is 20.6 Å². The number of rotatable bonds is 8. The van der Waals surface area contributed by atoms with Crippen LogP contribution >= 0.6 is 12.2 Å². The predicted molar refractivity (Wildman–Crippen MR) is 200 cm³/mol. The Morgan fingerprint density at radius 2 is 1.08 bits per heavy atom. The molecule has 3 N–H and O–H groups in total. The van der Waals surface area contributed by atoms with Crippen LogP contribution in [0.15, 0.2) is 102 Å². The molecule has 1 fully saturated rings. The van der Waals surface area contributed by atoms with E-state index >= 15 is 9.59 Å². The Bertz CT molecular complexity index is 2250. The Balaban J connectivity index is 1.66. The number of benzene rings is 4. The van der Waals surface area contributed by atoms with Gasteiger partial charge in [-0.25, -0.2) is 4.79 Å². The van der Waals surface area contributed by atoms with Crippen molar-refractivity contribution in [3.63, 3.8) is 0 Å². The number of carbonyl (C=O) groups is 2. The van der Waals surface area contributed by atoms with Gasteiger partial charge in [0.2, 0.25) is 11.8 Å². The lowest BCUT2D eigenvalue weighted by Gasteiger charge is -2.50. The molecule has 11 nitrogen and oxygen atoms in total. The molecule has 262 valence electrons. The molecule has 1 aliphatic carbocycles. The van der Waals surface area contributed by atoms with Crippen LogP contribution in [0.2, 0.25) is 0 Å². The highest BCUT2D eigenvalue weighted by Crippen LogP contribution is 2.62. The third-order valence-electron chi connectivity index (χ3n) is 9.67. The van der Waals surface area contributed by atoms with E-state index in [1.807, 2.05) is 42.5 Å². The molecule has 0 radical (unpaired) electrons. The van der Waals surface area contributed by atoms with Crippen LogP contribution < -0.4 is 35.3 Å². The number of aromatic nitrogens is 2. The molecule has 1 aromatic heterocycles. The minimum Gasteiger partial charge on any atom is -0.497 e. The van der Waals surface area contributed by atoms with Gasteiger partial charge in [0.25, 0.3) is 0 Å². The normalized spacial score (nSPS) is 18.3. The number of H-pyrrole nitrogens is 1. The van der Waals surface area contributed by atoms with Crippen molar-refractivity contribution in [2.45, 2.75) is 11.8 Å². The van der Waals surface area contributed by atoms with Gasteiger partial charge in [0.05, 0.1) is 39.8 Å². The first-order valence-corrected chi connectivity index (χ1v) is 16.7. The number of amides is 2. The van der Waals surface area contributed by atoms with Gasteiger partial charge in [-0.15, -0.1) is 0 Å². The maximum Gasteiger partial charge on any atom is 0.345 e. The number of fused-ring (bicyclic) bond motifs is 1. The number of nitrogens with one attached hydrogen (secondary N) is 3. The number of hydrogen-bond donors (Lipinski definition) is 3. The van der Waals surface area contributed by atoms with Gasteiger partial charge in [-0.2, -0.15) is 4.98 Å². The van der Waals surface area contributed by atoms with Crippen LogP contribution in [0.5, 0.6) is 23.0 Å². The monoisotopic (exact) mass is 714 g/mol. The number of carbonyl (C=O) groups excluding carboxylic acids is 2. The second-order valence-electron chi connectivity index (χ2n) is 12.3. The zero-order valence-electron chi connectivity index (χ0n) is 28.7. The standard InChI is InChI=1S/C40H34N4O7S/c1-48-26-13-5-22(6-14-26)21-30-32(23-7-15-27(49-2)16-8-23)40(36(45)43-39(52)44-37(40)46)33(24-9-17-28(50-3)18-10-24)31-34(41-38(47)42-35(30)31)25-11-19-29(51-4)20-12-25/h5-21,32-33H,1-4H3,(H,41,42,47)(H2,43,44,45,46,52)/b30-21-. The van der Waals surface area contributed by atoms with Crippen molar-refractivity contribution in [3.05, 3.63) is 135 Å². The molecule has 1 spiro atoms. The summed E-state index contributed by atoms with van der Waals surface area (Å²) in [6.07, 6.45) is 1.86. The van der Waals surface area contributed by atoms with Gasteiger partial charge in [0.15, 0.2) is 10.5 Å². The van der Waals surface area contributed by atoms with E-state index < -0.39 is 34.8 Å². The molecule has 12 heteroatoms. The number of allylic oxidation sites excluding steroid dienone is 1. The summed E-state index contributed by atoms with van der Waals surface area (Å²) in [5, 5.41) is 5.47. The fraction of sp³-hybridized carbons (Fsp3) is 0.175. The van der Waals surface area contributed by atoms with Crippen LogP contribution in [0.1, 0.15) is 39.8 Å². The van der Waals surface area contributed by atoms with E-state index in [0.29, 0.717) is 62.2 Å². The van der Waals surface area contributed by atoms with Gasteiger partial charge in [-0.3, -0.25) is 9.59 Å². The maximum atomic E-state index is 15.0. The van der Waals surface area contributed by atoms with Crippen LogP contribution in [0.4, 0.5) is 0 Å². The molecule has 2 amide bonds. The van der Waals surface area contributed by atoms with Gasteiger partial charge in [-0.1, -0.05) is 36.4 Å². The molecule has 1 saturated heterocycles. The summed E-state index contributed by atoms with van der Waals surface area (Å²) in [5.41, 5.74) is 1.67. The molecule has 52 heavy (non-hydrogen) atoms. The highest BCUT2D eigenvalue weighted by atomic mass is 32.1. The summed E-state index contributed by atoms with van der Waals surface area (Å²) >= 11 is 5.37. The molecule has 1 aliphatic heterocycles. The fourth-order valence-corrected chi connectivity index (χ4v) is 7.50. The van der Waals surface area contributed by atoms with E-state index in [4.69, 9.17) is 31.2 Å². The minimum absolute atomic E-state index is 0.107. The molecular weight excluding hydrogens is 681 g/mol. The Kier molecular flexibility index (Phi) is 9.07. The van der Waals surface area contributed by atoms with Crippen molar-refractivity contribution >= 4 is 40.8 Å². The Hall–Kier alpha value is -6.27. The summed E-state index contributed by atoms with van der Waals surface area (Å²) in [7, 11) is 6.26. The van der Waals surface area contributed by atoms with Crippen LogP contribution in [-0.2, 0) is 9.59 Å². The van der Waals surface area contributed by atoms with Crippen LogP contribution in [0, 0.1) is 5.41 Å². The topological polar surface area (TPSA) is 141 Å². The molecule has 0 saturated carbocycles. The summed E-state index contributed by atoms with van der Waals surface area (Å²) in [4.78, 5) is 51.4. The Labute approximate surface area is 304 Å². The average molecular weight is 715 g/mol. The number of ether oxygens (including phenoxy) is 4. The fourth-order valence-electron chi connectivity index (χ4n) is 7.31. The number of methoxy groups -OCH3 is 4. The third-order valence-corrected chi connectivity index (χ3v) is 9.88. The zero-order chi connectivity index (χ0) is 36.6. The van der Waals surface area contributed by atoms with Crippen LogP contribution in [0.3, 0.4) is 0 Å². The van der Waals surface area contributed by atoms with Gasteiger partial charge in [0, 0.05) is 17.4 Å². The van der Waals surface area contributed by atoms with Crippen molar-refractivity contribution in [2.24, 2.45) is 5.41 Å². The summed E-state index contributed by atoms with van der Waals surface area (Å²) in [6.45, 7) is 0. The lowest BCUT2D eigenvalue weighted by Crippen LogP contribution is -2.67. The Morgan fingerprint density at radius 1 is 0.635 bits per heavy atom. The molecular formula is C40H34N4O7S. The van der Waals surface area contributed by atoms with E-state index in [1.54, 1.807) is 89.1 Å². The summed E-state index contributed by atoms with van der Waals surface area (Å²) < 4.78 is 21.8. The maximum absolute atomic E-state index is 15.0. The highest BCUT2D eigenvalue weighted by molar-refractivity contribution is 7.80. The van der Waals surface area contributed by atoms with Gasteiger partial charge in [-0.05, 0) is 107 Å². The largest absolute Gasteiger partial charge is 0.497 e. The Morgan fingerprint density at radius 3 is 1.56 bits per heavy atom. The second-order valence-corrected chi connectivity index (χ2v) is 12.7. The number of hydrogen-bond acceptors (Lipinski definition) is 9. The van der Waals surface area contributed by atoms with Crippen molar-refractivity contribution in [1.82, 2.24) is 20.6 Å². The number of thiocarbonyl (C=S) groups is 1. The lowest BCUT2D eigenvalue weighted by atomic mass is 9.52. The number of nitrogens with zero attached hydrogens (tertiary/aromatic N) is 1. The summed E-state index contributed by atoms with van der Waals surface area (Å²) in [6, 6.07) is 28.8. The van der Waals surface area contributed by atoms with Crippen molar-refractivity contribution in [3.8, 4) is 34.3 Å². The smallest absolute Gasteiger partial charge is 0.345 e. The molecule has 5 aromatic rings. The SMILES string of the molecule is COc1ccc(/C=C2\c3nc(=O)[nH]c(-c4ccc(OC)cc4)c3C(c3ccc(OC)cc3)C3(C(=O)NC(=S)NC3=O)C2c2ccc(OC)cc2)cc1. The molecule has 4 aromatic carbocycles. The van der Waals surface area contributed by atoms with Gasteiger partial charge >= 0.3 is 5.69 Å². The van der Waals surface area contributed by atoms with Crippen molar-refractivity contribution in [1.29, 1.82) is 0 Å². The van der Waals surface area contributed by atoms with E-state index in [1.165, 1.54) is 0 Å². The first kappa shape index (κ1) is 34.2. The zero-order valence-corrected chi connectivity index (χ0v) is 29.5. The van der Waals surface area contributed by atoms with Crippen molar-refractivity contribution < 1.29 is 28.5 Å². The third kappa shape index (κ3) is 5.76. The molecule has 7 rings (SSSR count). The van der Waals surface area contributed by atoms with Crippen molar-refractivity contribution in [2.75, 3.05) is 28.4 Å². The first-order chi connectivity index (χ1) is 25.2. The van der Waals surface area contributed by atoms with E-state index in [9.17, 15) is 4.79 Å². The molecule has 2 atom stereocenters. The molecule has 2 unspecified atom stereocenters. The lowest BCUT2D eigenvalue weighted by molar-refractivity contribution is -0.145. The first-order valence-electron chi connectivity index (χ1n) is 16.3.